The van der Waals surface area contributed by atoms with E-state index in [0.717, 1.165) is 45.3 Å². The van der Waals surface area contributed by atoms with Crippen molar-refractivity contribution in [1.29, 1.82) is 0 Å². The third kappa shape index (κ3) is 2.98. The van der Waals surface area contributed by atoms with Crippen molar-refractivity contribution in [1.82, 2.24) is 9.88 Å². The molecule has 2 aliphatic rings. The number of ether oxygens (including phenoxy) is 1. The first kappa shape index (κ1) is 14.2. The number of pyridine rings is 1. The number of amides is 1. The molecule has 2 aliphatic heterocycles. The van der Waals surface area contributed by atoms with E-state index >= 15 is 0 Å². The maximum atomic E-state index is 14.1. The molecule has 21 heavy (non-hydrogen) atoms. The average molecular weight is 295 g/mol. The Bertz CT molecular complexity index is 528. The SMILES string of the molecule is O=C(O)Nc1cncc(F)c1C1CCN(C2COC2)CC1. The molecule has 0 radical (unpaired) electrons. The van der Waals surface area contributed by atoms with Gasteiger partial charge in [0.05, 0.1) is 37.3 Å². The van der Waals surface area contributed by atoms with Gasteiger partial charge in [-0.1, -0.05) is 0 Å². The van der Waals surface area contributed by atoms with Crippen LogP contribution in [0.1, 0.15) is 24.3 Å². The van der Waals surface area contributed by atoms with Gasteiger partial charge in [-0.25, -0.2) is 9.18 Å². The largest absolute Gasteiger partial charge is 0.465 e. The van der Waals surface area contributed by atoms with Crippen molar-refractivity contribution >= 4 is 11.8 Å². The molecule has 0 bridgehead atoms. The van der Waals surface area contributed by atoms with Gasteiger partial charge < -0.3 is 9.84 Å². The second kappa shape index (κ2) is 5.95. The number of anilines is 1. The van der Waals surface area contributed by atoms with Crippen molar-refractivity contribution in [3.63, 3.8) is 0 Å². The van der Waals surface area contributed by atoms with Crippen molar-refractivity contribution in [3.05, 3.63) is 23.8 Å². The molecule has 3 heterocycles. The van der Waals surface area contributed by atoms with Crippen LogP contribution in [-0.4, -0.2) is 53.4 Å². The van der Waals surface area contributed by atoms with Crippen LogP contribution in [0.5, 0.6) is 0 Å². The van der Waals surface area contributed by atoms with E-state index in [0.29, 0.717) is 11.6 Å². The first-order chi connectivity index (χ1) is 10.1. The van der Waals surface area contributed by atoms with Crippen LogP contribution >= 0.6 is 0 Å². The molecule has 0 atom stereocenters. The second-order valence-corrected chi connectivity index (χ2v) is 5.51. The number of halogens is 1. The van der Waals surface area contributed by atoms with Crippen molar-refractivity contribution in [3.8, 4) is 0 Å². The zero-order valence-electron chi connectivity index (χ0n) is 11.6. The Morgan fingerprint density at radius 1 is 1.38 bits per heavy atom. The lowest BCUT2D eigenvalue weighted by Gasteiger charge is -2.41. The number of nitrogens with zero attached hydrogens (tertiary/aromatic N) is 2. The Balaban J connectivity index is 1.73. The molecule has 6 nitrogen and oxygen atoms in total. The van der Waals surface area contributed by atoms with Crippen molar-refractivity contribution in [2.75, 3.05) is 31.6 Å². The summed E-state index contributed by atoms with van der Waals surface area (Å²) in [6, 6.07) is 0.491. The first-order valence-corrected chi connectivity index (χ1v) is 7.10. The highest BCUT2D eigenvalue weighted by molar-refractivity contribution is 5.83. The molecule has 7 heteroatoms. The van der Waals surface area contributed by atoms with Crippen LogP contribution in [0.4, 0.5) is 14.9 Å². The molecule has 114 valence electrons. The standard InChI is InChI=1S/C14H18FN3O3/c15-11-5-16-6-12(17-14(19)20)13(11)9-1-3-18(4-2-9)10-7-21-8-10/h5-6,9-10,17H,1-4,7-8H2,(H,19,20). The highest BCUT2D eigenvalue weighted by Gasteiger charge is 2.32. The smallest absolute Gasteiger partial charge is 0.409 e. The Labute approximate surface area is 121 Å². The fourth-order valence-corrected chi connectivity index (χ4v) is 3.06. The van der Waals surface area contributed by atoms with Crippen LogP contribution in [0.3, 0.4) is 0 Å². The van der Waals surface area contributed by atoms with Crippen LogP contribution < -0.4 is 5.32 Å². The third-order valence-corrected chi connectivity index (χ3v) is 4.26. The van der Waals surface area contributed by atoms with Gasteiger partial charge in [0.25, 0.3) is 0 Å². The number of nitrogens with one attached hydrogen (secondary N) is 1. The van der Waals surface area contributed by atoms with Gasteiger partial charge in [0, 0.05) is 5.56 Å². The lowest BCUT2D eigenvalue weighted by molar-refractivity contribution is -0.0713. The van der Waals surface area contributed by atoms with E-state index in [4.69, 9.17) is 9.84 Å². The minimum atomic E-state index is -1.20. The number of piperidine rings is 1. The molecule has 0 saturated carbocycles. The lowest BCUT2D eigenvalue weighted by atomic mass is 9.88. The number of aromatic nitrogens is 1. The molecule has 0 spiro atoms. The molecule has 0 aromatic carbocycles. The van der Waals surface area contributed by atoms with Crippen LogP contribution in [0, 0.1) is 5.82 Å². The monoisotopic (exact) mass is 295 g/mol. The Morgan fingerprint density at radius 3 is 2.67 bits per heavy atom. The summed E-state index contributed by atoms with van der Waals surface area (Å²) in [5.41, 5.74) is 0.699. The maximum absolute atomic E-state index is 14.1. The predicted molar refractivity (Wildman–Crippen MR) is 74.0 cm³/mol. The molecule has 0 unspecified atom stereocenters. The summed E-state index contributed by atoms with van der Waals surface area (Å²) in [7, 11) is 0. The van der Waals surface area contributed by atoms with Gasteiger partial charge in [-0.3, -0.25) is 15.2 Å². The van der Waals surface area contributed by atoms with E-state index in [1.54, 1.807) is 0 Å². The molecule has 1 amide bonds. The Kier molecular flexibility index (Phi) is 4.03. The summed E-state index contributed by atoms with van der Waals surface area (Å²) in [6.45, 7) is 3.32. The van der Waals surface area contributed by atoms with Crippen LogP contribution in [0.15, 0.2) is 12.4 Å². The van der Waals surface area contributed by atoms with E-state index in [2.05, 4.69) is 15.2 Å². The third-order valence-electron chi connectivity index (χ3n) is 4.26. The molecule has 2 N–H and O–H groups in total. The summed E-state index contributed by atoms with van der Waals surface area (Å²) >= 11 is 0. The van der Waals surface area contributed by atoms with Gasteiger partial charge in [-0.15, -0.1) is 0 Å². The van der Waals surface area contributed by atoms with Gasteiger partial charge in [0.1, 0.15) is 5.82 Å². The molecule has 1 aromatic heterocycles. The van der Waals surface area contributed by atoms with Crippen molar-refractivity contribution in [2.45, 2.75) is 24.8 Å². The summed E-state index contributed by atoms with van der Waals surface area (Å²) in [6.07, 6.45) is 2.94. The highest BCUT2D eigenvalue weighted by atomic mass is 19.1. The fraction of sp³-hybridized carbons (Fsp3) is 0.571. The average Bonchev–Trinajstić information content (AvgIpc) is 2.38. The number of hydrogen-bond acceptors (Lipinski definition) is 4. The predicted octanol–water partition coefficient (Wildman–Crippen LogP) is 1.89. The molecule has 2 fully saturated rings. The van der Waals surface area contributed by atoms with E-state index in [-0.39, 0.29) is 11.6 Å². The summed E-state index contributed by atoms with van der Waals surface area (Å²) in [5, 5.41) is 11.1. The number of hydrogen-bond donors (Lipinski definition) is 2. The maximum Gasteiger partial charge on any atom is 0.409 e. The molecule has 2 saturated heterocycles. The second-order valence-electron chi connectivity index (χ2n) is 5.51. The highest BCUT2D eigenvalue weighted by Crippen LogP contribution is 2.35. The molecular weight excluding hydrogens is 277 g/mol. The van der Waals surface area contributed by atoms with E-state index in [1.807, 2.05) is 0 Å². The molecule has 1 aromatic rings. The van der Waals surface area contributed by atoms with Gasteiger partial charge in [0.2, 0.25) is 0 Å². The number of carbonyl (C=O) groups is 1. The Morgan fingerprint density at radius 2 is 2.10 bits per heavy atom. The van der Waals surface area contributed by atoms with Gasteiger partial charge in [-0.2, -0.15) is 0 Å². The summed E-state index contributed by atoms with van der Waals surface area (Å²) < 4.78 is 19.3. The quantitative estimate of drug-likeness (QED) is 0.890. The van der Waals surface area contributed by atoms with Crippen LogP contribution in [0.2, 0.25) is 0 Å². The van der Waals surface area contributed by atoms with Crippen molar-refractivity contribution in [2.24, 2.45) is 0 Å². The van der Waals surface area contributed by atoms with E-state index in [9.17, 15) is 9.18 Å². The lowest BCUT2D eigenvalue weighted by Crippen LogP contribution is -2.51. The zero-order chi connectivity index (χ0) is 14.8. The minimum Gasteiger partial charge on any atom is -0.465 e. The first-order valence-electron chi connectivity index (χ1n) is 7.10. The van der Waals surface area contributed by atoms with E-state index in [1.165, 1.54) is 6.20 Å². The topological polar surface area (TPSA) is 74.7 Å². The van der Waals surface area contributed by atoms with Crippen LogP contribution in [0.25, 0.3) is 0 Å². The fourth-order valence-electron chi connectivity index (χ4n) is 3.06. The van der Waals surface area contributed by atoms with Gasteiger partial charge in [0.15, 0.2) is 0 Å². The van der Waals surface area contributed by atoms with E-state index < -0.39 is 11.9 Å². The Hall–Kier alpha value is -1.73. The van der Waals surface area contributed by atoms with Crippen LogP contribution in [-0.2, 0) is 4.74 Å². The zero-order valence-corrected chi connectivity index (χ0v) is 11.6. The summed E-state index contributed by atoms with van der Waals surface area (Å²) in [5.74, 6) is -0.418. The number of likely N-dealkylation sites (tertiary alicyclic amines) is 1. The number of rotatable bonds is 3. The van der Waals surface area contributed by atoms with Gasteiger partial charge >= 0.3 is 6.09 Å². The molecule has 3 rings (SSSR count). The molecular formula is C14H18FN3O3. The minimum absolute atomic E-state index is 0.0205. The summed E-state index contributed by atoms with van der Waals surface area (Å²) in [4.78, 5) is 16.9. The normalized spacial score (nSPS) is 21.0. The van der Waals surface area contributed by atoms with Crippen molar-refractivity contribution < 1.29 is 19.0 Å². The molecule has 0 aliphatic carbocycles. The number of carboxylic acid groups (broad SMARTS) is 1. The van der Waals surface area contributed by atoms with Gasteiger partial charge in [-0.05, 0) is 31.8 Å².